The molecule has 0 aliphatic rings. The van der Waals surface area contributed by atoms with Crippen LogP contribution in [0.5, 0.6) is 11.5 Å². The van der Waals surface area contributed by atoms with Gasteiger partial charge in [-0.15, -0.1) is 0 Å². The summed E-state index contributed by atoms with van der Waals surface area (Å²) in [6.45, 7) is 1.84. The first-order valence-electron chi connectivity index (χ1n) is 4.67. The van der Waals surface area contributed by atoms with Gasteiger partial charge in [0.2, 0.25) is 0 Å². The molecule has 2 rings (SSSR count). The molecule has 17 heavy (non-hydrogen) atoms. The zero-order chi connectivity index (χ0) is 11.9. The third-order valence-corrected chi connectivity index (χ3v) is 2.46. The van der Waals surface area contributed by atoms with E-state index in [0.29, 0.717) is 10.8 Å². The number of rotatable bonds is 1. The maximum absolute atomic E-state index is 10.7. The zero-order valence-corrected chi connectivity index (χ0v) is 11.5. The largest absolute Gasteiger partial charge is 1.00 e. The van der Waals surface area contributed by atoms with E-state index in [1.807, 2.05) is 6.92 Å². The van der Waals surface area contributed by atoms with Crippen LogP contribution < -0.4 is 34.7 Å². The second-order valence-corrected chi connectivity index (χ2v) is 3.63. The van der Waals surface area contributed by atoms with Crippen molar-refractivity contribution in [2.24, 2.45) is 0 Å². The summed E-state index contributed by atoms with van der Waals surface area (Å²) in [5, 5.41) is 30.8. The van der Waals surface area contributed by atoms with Crippen molar-refractivity contribution in [3.05, 3.63) is 35.4 Å². The number of carboxylic acids is 1. The molecule has 5 heteroatoms. The maximum atomic E-state index is 10.7. The van der Waals surface area contributed by atoms with Crippen LogP contribution in [0.4, 0.5) is 0 Å². The normalized spacial score (nSPS) is 9.94. The molecule has 0 radical (unpaired) electrons. The number of aromatic hydroxyl groups is 2. The first kappa shape index (κ1) is 13.8. The van der Waals surface area contributed by atoms with E-state index >= 15 is 0 Å². The van der Waals surface area contributed by atoms with Crippen LogP contribution in [0, 0.1) is 6.92 Å². The number of aromatic carboxylic acids is 1. The molecule has 0 unspecified atom stereocenters. The van der Waals surface area contributed by atoms with Gasteiger partial charge in [0.25, 0.3) is 0 Å². The van der Waals surface area contributed by atoms with Crippen molar-refractivity contribution in [2.75, 3.05) is 0 Å². The summed E-state index contributed by atoms with van der Waals surface area (Å²) >= 11 is 0. The van der Waals surface area contributed by atoms with Crippen LogP contribution in [0.3, 0.4) is 0 Å². The summed E-state index contributed by atoms with van der Waals surface area (Å²) in [5.74, 6) is -2.08. The predicted octanol–water partition coefficient (Wildman–Crippen LogP) is -2.07. The number of carboxylic acid groups (broad SMARTS) is 1. The van der Waals surface area contributed by atoms with Gasteiger partial charge in [0.1, 0.15) is 11.5 Å². The van der Waals surface area contributed by atoms with Crippen molar-refractivity contribution in [1.29, 1.82) is 0 Å². The minimum Gasteiger partial charge on any atom is -0.545 e. The minimum absolute atomic E-state index is 0. The van der Waals surface area contributed by atoms with Gasteiger partial charge in [-0.2, -0.15) is 0 Å². The molecule has 2 aromatic rings. The van der Waals surface area contributed by atoms with Gasteiger partial charge in [0.05, 0.1) is 5.97 Å². The number of fused-ring (bicyclic) bond motifs is 1. The second kappa shape index (κ2) is 4.96. The minimum atomic E-state index is -1.52. The Hall–Kier alpha value is -1.23. The number of phenolic OH excluding ortho intramolecular Hbond substituents is 1. The van der Waals surface area contributed by atoms with Gasteiger partial charge >= 0.3 is 29.6 Å². The van der Waals surface area contributed by atoms with Crippen LogP contribution in [0.2, 0.25) is 0 Å². The number of hydrogen-bond donors (Lipinski definition) is 2. The van der Waals surface area contributed by atoms with E-state index in [0.717, 1.165) is 11.6 Å². The fourth-order valence-corrected chi connectivity index (χ4v) is 1.66. The molecule has 0 heterocycles. The molecule has 0 bridgehead atoms. The number of carbonyl (C=O) groups excluding carboxylic acids is 1. The molecule has 0 fully saturated rings. The molecule has 0 saturated heterocycles. The number of hydrogen-bond acceptors (Lipinski definition) is 4. The standard InChI is InChI=1S/C12H10O4.Na/c1-6-2-3-7-8(4-6)10(13)5-9(11(7)14)12(15)16;/h2-5,13-14H,1H3,(H,15,16);/q;+1/p-1. The van der Waals surface area contributed by atoms with Crippen molar-refractivity contribution in [2.45, 2.75) is 6.92 Å². The van der Waals surface area contributed by atoms with Crippen LogP contribution in [0.1, 0.15) is 15.9 Å². The predicted molar refractivity (Wildman–Crippen MR) is 56.3 cm³/mol. The Morgan fingerprint density at radius 3 is 2.41 bits per heavy atom. The van der Waals surface area contributed by atoms with Crippen LogP contribution in [0.25, 0.3) is 10.8 Å². The monoisotopic (exact) mass is 240 g/mol. The molecule has 0 saturated carbocycles. The van der Waals surface area contributed by atoms with Crippen LogP contribution in [-0.4, -0.2) is 16.2 Å². The summed E-state index contributed by atoms with van der Waals surface area (Å²) < 4.78 is 0. The maximum Gasteiger partial charge on any atom is 1.00 e. The molecule has 0 aromatic heterocycles. The fraction of sp³-hybridized carbons (Fsp3) is 0.0833. The molecular weight excluding hydrogens is 231 g/mol. The van der Waals surface area contributed by atoms with E-state index in [-0.39, 0.29) is 41.1 Å². The Morgan fingerprint density at radius 2 is 1.82 bits per heavy atom. The van der Waals surface area contributed by atoms with Gasteiger partial charge in [-0.3, -0.25) is 0 Å². The molecule has 0 atom stereocenters. The summed E-state index contributed by atoms with van der Waals surface area (Å²) in [6, 6.07) is 5.95. The average molecular weight is 240 g/mol. The Bertz CT molecular complexity index is 593. The number of aryl methyl sites for hydroxylation is 1. The molecular formula is C12H9NaO4. The quantitative estimate of drug-likeness (QED) is 0.443. The first-order chi connectivity index (χ1) is 7.50. The average Bonchev–Trinajstić information content (AvgIpc) is 2.22. The Labute approximate surface area is 120 Å². The van der Waals surface area contributed by atoms with E-state index in [2.05, 4.69) is 0 Å². The van der Waals surface area contributed by atoms with Gasteiger partial charge in [-0.1, -0.05) is 17.7 Å². The molecule has 0 spiro atoms. The Kier molecular flexibility index (Phi) is 4.03. The molecule has 0 aliphatic carbocycles. The number of phenols is 2. The van der Waals surface area contributed by atoms with Crippen LogP contribution in [-0.2, 0) is 0 Å². The molecule has 0 amide bonds. The van der Waals surface area contributed by atoms with Crippen LogP contribution in [0.15, 0.2) is 24.3 Å². The van der Waals surface area contributed by atoms with E-state index in [4.69, 9.17) is 0 Å². The summed E-state index contributed by atoms with van der Waals surface area (Å²) in [4.78, 5) is 10.7. The van der Waals surface area contributed by atoms with Crippen molar-refractivity contribution < 1.29 is 49.7 Å². The molecule has 82 valence electrons. The molecule has 4 nitrogen and oxygen atoms in total. The van der Waals surface area contributed by atoms with Gasteiger partial charge in [0.15, 0.2) is 0 Å². The van der Waals surface area contributed by atoms with Crippen molar-refractivity contribution in [3.63, 3.8) is 0 Å². The van der Waals surface area contributed by atoms with Crippen molar-refractivity contribution in [3.8, 4) is 11.5 Å². The van der Waals surface area contributed by atoms with Crippen LogP contribution >= 0.6 is 0 Å². The number of carbonyl (C=O) groups is 1. The topological polar surface area (TPSA) is 80.6 Å². The van der Waals surface area contributed by atoms with E-state index < -0.39 is 11.5 Å². The van der Waals surface area contributed by atoms with Gasteiger partial charge in [-0.05, 0) is 19.1 Å². The fourth-order valence-electron chi connectivity index (χ4n) is 1.66. The number of benzene rings is 2. The van der Waals surface area contributed by atoms with Gasteiger partial charge < -0.3 is 20.1 Å². The molecule has 2 N–H and O–H groups in total. The first-order valence-corrected chi connectivity index (χ1v) is 4.67. The third-order valence-electron chi connectivity index (χ3n) is 2.46. The summed E-state index contributed by atoms with van der Waals surface area (Å²) in [6.07, 6.45) is 0. The third kappa shape index (κ3) is 2.39. The second-order valence-electron chi connectivity index (χ2n) is 3.63. The van der Waals surface area contributed by atoms with Gasteiger partial charge in [-0.25, -0.2) is 0 Å². The van der Waals surface area contributed by atoms with Crippen molar-refractivity contribution in [1.82, 2.24) is 0 Å². The summed E-state index contributed by atoms with van der Waals surface area (Å²) in [5.41, 5.74) is 0.497. The zero-order valence-electron chi connectivity index (χ0n) is 9.52. The Balaban J connectivity index is 0.00000144. The SMILES string of the molecule is Cc1ccc2c(O)c(C(=O)[O-])cc(O)c2c1.[Na+]. The van der Waals surface area contributed by atoms with E-state index in [9.17, 15) is 20.1 Å². The Morgan fingerprint density at radius 1 is 1.18 bits per heavy atom. The summed E-state index contributed by atoms with van der Waals surface area (Å²) in [7, 11) is 0. The smallest absolute Gasteiger partial charge is 0.545 e. The van der Waals surface area contributed by atoms with Crippen molar-refractivity contribution >= 4 is 16.7 Å². The van der Waals surface area contributed by atoms with E-state index in [1.165, 1.54) is 0 Å². The van der Waals surface area contributed by atoms with E-state index in [1.54, 1.807) is 18.2 Å². The molecule has 0 aliphatic heterocycles. The molecule has 2 aromatic carbocycles. The van der Waals surface area contributed by atoms with Gasteiger partial charge in [0, 0.05) is 16.3 Å².